The van der Waals surface area contributed by atoms with E-state index in [1.165, 1.54) is 106 Å². The van der Waals surface area contributed by atoms with Gasteiger partial charge in [0.15, 0.2) is 11.6 Å². The number of fused-ring (bicyclic) bond motifs is 3. The predicted octanol–water partition coefficient (Wildman–Crippen LogP) is 25.6. The largest absolute Gasteiger partial charge is 0.573 e. The van der Waals surface area contributed by atoms with Crippen molar-refractivity contribution in [1.29, 1.82) is 0 Å². The van der Waals surface area contributed by atoms with Crippen molar-refractivity contribution in [3.05, 3.63) is 284 Å². The average Bonchev–Trinajstić information content (AvgIpc) is 0.988. The fourth-order valence-corrected chi connectivity index (χ4v) is 11.3. The summed E-state index contributed by atoms with van der Waals surface area (Å²) in [6, 6.07) is 77.6. The Bertz CT molecular complexity index is 4520. The number of ether oxygens (including phenoxy) is 3. The van der Waals surface area contributed by atoms with E-state index in [4.69, 9.17) is 0 Å². The number of halogens is 10. The molecule has 0 aliphatic heterocycles. The highest BCUT2D eigenvalue weighted by Gasteiger charge is 2.33. The van der Waals surface area contributed by atoms with Crippen molar-refractivity contribution in [2.75, 3.05) is 0 Å². The van der Waals surface area contributed by atoms with Crippen LogP contribution in [0.15, 0.2) is 261 Å². The van der Waals surface area contributed by atoms with Crippen molar-refractivity contribution in [1.82, 2.24) is 0 Å². The lowest BCUT2D eigenvalue weighted by Crippen LogP contribution is -2.17. The van der Waals surface area contributed by atoms with Crippen LogP contribution in [-0.4, -0.2) is 19.1 Å². The fraction of sp³-hybridized carbons (Fsp3) is 0.171. The zero-order chi connectivity index (χ0) is 67.1. The lowest BCUT2D eigenvalue weighted by Gasteiger charge is -2.11. The first kappa shape index (κ1) is 67.7. The second kappa shape index (κ2) is 30.7. The molecule has 0 unspecified atom stereocenters. The summed E-state index contributed by atoms with van der Waals surface area (Å²) in [5, 5.41) is 7.21. The number of unbranched alkanes of at least 4 members (excludes halogenated alkanes) is 4. The van der Waals surface area contributed by atoms with Crippen LogP contribution in [0.2, 0.25) is 0 Å². The van der Waals surface area contributed by atoms with Gasteiger partial charge in [0.25, 0.3) is 0 Å². The summed E-state index contributed by atoms with van der Waals surface area (Å²) in [5.74, 6) is -2.35. The molecule has 0 aliphatic carbocycles. The molecule has 0 heterocycles. The minimum Gasteiger partial charge on any atom is -0.406 e. The van der Waals surface area contributed by atoms with E-state index >= 15 is 0 Å². The molecule has 0 aliphatic rings. The average molecular weight is 1290 g/mol. The number of allylic oxidation sites excluding steroid dienone is 1. The molecule has 12 aromatic rings. The molecular formula is C82H68F10O3. The van der Waals surface area contributed by atoms with Gasteiger partial charge >= 0.3 is 19.1 Å². The molecule has 95 heavy (non-hydrogen) atoms. The second-order valence-corrected chi connectivity index (χ2v) is 23.1. The van der Waals surface area contributed by atoms with E-state index in [2.05, 4.69) is 144 Å². The van der Waals surface area contributed by atoms with Gasteiger partial charge in [-0.2, -0.15) is 0 Å². The maximum absolute atomic E-state index is 14.0. The third-order valence-electron chi connectivity index (χ3n) is 16.3. The fourth-order valence-electron chi connectivity index (χ4n) is 11.3. The summed E-state index contributed by atoms with van der Waals surface area (Å²) in [6.07, 6.45) is -1.82. The van der Waals surface area contributed by atoms with Gasteiger partial charge in [0.1, 0.15) is 11.5 Å². The van der Waals surface area contributed by atoms with E-state index in [1.54, 1.807) is 24.3 Å². The van der Waals surface area contributed by atoms with Gasteiger partial charge in [-0.3, -0.25) is 0 Å². The molecule has 0 saturated heterocycles. The zero-order valence-corrected chi connectivity index (χ0v) is 52.3. The summed E-state index contributed by atoms with van der Waals surface area (Å²) in [6.45, 7) is 8.14. The van der Waals surface area contributed by atoms with Crippen molar-refractivity contribution in [2.24, 2.45) is 0 Å². The van der Waals surface area contributed by atoms with Crippen LogP contribution in [0, 0.1) is 5.82 Å². The summed E-state index contributed by atoms with van der Waals surface area (Å²) < 4.78 is 136. The molecule has 484 valence electrons. The first-order chi connectivity index (χ1) is 45.6. The van der Waals surface area contributed by atoms with Crippen LogP contribution in [-0.2, 0) is 19.3 Å². The molecule has 0 aromatic heterocycles. The highest BCUT2D eigenvalue weighted by Crippen LogP contribution is 2.36. The van der Waals surface area contributed by atoms with Gasteiger partial charge in [0, 0.05) is 0 Å². The minimum absolute atomic E-state index is 0.219. The Balaban J connectivity index is 0.000000156. The zero-order valence-electron chi connectivity index (χ0n) is 52.3. The molecule has 0 atom stereocenters. The Labute approximate surface area is 546 Å². The monoisotopic (exact) mass is 1290 g/mol. The standard InChI is InChI=1S/C30H29F3O.C27H21F3O.C25H18F4O/c1-2-3-4-5-6-7-22-8-9-28-21-27(15-14-26(28)20-22)25-12-10-23(11-13-25)24-16-18-29(19-17-24)34-30(31,32)33;1-2-3-4-19-5-6-25-18-24(12-11-23(25)17-19)22-9-7-20(8-10-22)21-13-15-26(16-14-21)31-27(28,29)30;1-2-16-3-4-21-14-20(10-9-19(21)13-16)17-5-7-18(8-6-17)22-11-12-24(23(26)15-22)30-25(27,28)29/h8-21H,2-7H2,1H3;2,5-18H,1,3-4H2;3-15H,2H2,1H3. The van der Waals surface area contributed by atoms with Crippen LogP contribution in [0.5, 0.6) is 17.2 Å². The number of hydrogen-bond donors (Lipinski definition) is 0. The SMILES string of the molecule is C=CCCc1ccc2cc(-c3ccc(-c4ccc(OC(F)(F)F)cc4)cc3)ccc2c1.CCCCCCCc1ccc2cc(-c3ccc(-c4ccc(OC(F)(F)F)cc4)cc3)ccc2c1.CCc1ccc2cc(-c3ccc(-c4ccc(OC(F)(F)F)c(F)c4)cc3)ccc2c1. The maximum atomic E-state index is 14.0. The Morgan fingerprint density at radius 2 is 0.600 bits per heavy atom. The normalized spacial score (nSPS) is 11.6. The third-order valence-corrected chi connectivity index (χ3v) is 16.3. The first-order valence-electron chi connectivity index (χ1n) is 31.4. The molecule has 0 N–H and O–H groups in total. The molecule has 0 bridgehead atoms. The molecule has 3 nitrogen and oxygen atoms in total. The van der Waals surface area contributed by atoms with Gasteiger partial charge in [-0.25, -0.2) is 4.39 Å². The third kappa shape index (κ3) is 19.2. The van der Waals surface area contributed by atoms with Crippen molar-refractivity contribution >= 4 is 32.3 Å². The molecule has 0 saturated carbocycles. The smallest absolute Gasteiger partial charge is 0.406 e. The Kier molecular flexibility index (Phi) is 21.9. The van der Waals surface area contributed by atoms with E-state index < -0.39 is 30.7 Å². The van der Waals surface area contributed by atoms with Crippen LogP contribution >= 0.6 is 0 Å². The van der Waals surface area contributed by atoms with E-state index in [9.17, 15) is 43.9 Å². The first-order valence-corrected chi connectivity index (χ1v) is 31.4. The van der Waals surface area contributed by atoms with E-state index in [0.29, 0.717) is 11.1 Å². The van der Waals surface area contributed by atoms with Crippen LogP contribution in [0.4, 0.5) is 43.9 Å². The van der Waals surface area contributed by atoms with Gasteiger partial charge in [-0.05, 0) is 202 Å². The lowest BCUT2D eigenvalue weighted by atomic mass is 9.97. The van der Waals surface area contributed by atoms with Crippen LogP contribution in [0.25, 0.3) is 99.1 Å². The number of aryl methyl sites for hydroxylation is 3. The van der Waals surface area contributed by atoms with E-state index in [0.717, 1.165) is 98.8 Å². The van der Waals surface area contributed by atoms with Gasteiger partial charge in [0.05, 0.1) is 0 Å². The van der Waals surface area contributed by atoms with Crippen molar-refractivity contribution in [2.45, 2.75) is 90.7 Å². The molecule has 13 heteroatoms. The van der Waals surface area contributed by atoms with Gasteiger partial charge in [0.2, 0.25) is 0 Å². The molecule has 0 amide bonds. The molecular weight excluding hydrogens is 1220 g/mol. The highest BCUT2D eigenvalue weighted by atomic mass is 19.4. The number of alkyl halides is 9. The summed E-state index contributed by atoms with van der Waals surface area (Å²) in [4.78, 5) is 0. The highest BCUT2D eigenvalue weighted by molar-refractivity contribution is 5.90. The topological polar surface area (TPSA) is 27.7 Å². The summed E-state index contributed by atoms with van der Waals surface area (Å²) in [5.41, 5.74) is 15.2. The molecule has 0 fully saturated rings. The van der Waals surface area contributed by atoms with Crippen LogP contribution in [0.3, 0.4) is 0 Å². The predicted molar refractivity (Wildman–Crippen MR) is 365 cm³/mol. The Hall–Kier alpha value is -10.1. The van der Waals surface area contributed by atoms with Gasteiger partial charge in [-0.15, -0.1) is 46.1 Å². The molecule has 12 aromatic carbocycles. The number of benzene rings is 12. The summed E-state index contributed by atoms with van der Waals surface area (Å²) >= 11 is 0. The Morgan fingerprint density at radius 3 is 0.958 bits per heavy atom. The van der Waals surface area contributed by atoms with Crippen molar-refractivity contribution in [3.8, 4) is 84.0 Å². The lowest BCUT2D eigenvalue weighted by molar-refractivity contribution is -0.276. The van der Waals surface area contributed by atoms with Crippen LogP contribution < -0.4 is 14.2 Å². The number of rotatable bonds is 19. The molecule has 0 radical (unpaired) electrons. The minimum atomic E-state index is -4.93. The molecule has 0 spiro atoms. The Morgan fingerprint density at radius 1 is 0.305 bits per heavy atom. The van der Waals surface area contributed by atoms with Gasteiger partial charge < -0.3 is 14.2 Å². The van der Waals surface area contributed by atoms with Gasteiger partial charge in [-0.1, -0.05) is 240 Å². The van der Waals surface area contributed by atoms with Crippen molar-refractivity contribution in [3.63, 3.8) is 0 Å². The molecule has 12 rings (SSSR count). The summed E-state index contributed by atoms with van der Waals surface area (Å²) in [7, 11) is 0. The van der Waals surface area contributed by atoms with E-state index in [-0.39, 0.29) is 11.5 Å². The van der Waals surface area contributed by atoms with E-state index in [1.807, 2.05) is 78.9 Å². The maximum Gasteiger partial charge on any atom is 0.573 e. The van der Waals surface area contributed by atoms with Crippen LogP contribution in [0.1, 0.15) is 69.1 Å². The second-order valence-electron chi connectivity index (χ2n) is 23.1. The van der Waals surface area contributed by atoms with Crippen molar-refractivity contribution < 1.29 is 58.1 Å². The number of hydrogen-bond acceptors (Lipinski definition) is 3. The quantitative estimate of drug-likeness (QED) is 0.0459.